The summed E-state index contributed by atoms with van der Waals surface area (Å²) in [6.45, 7) is 4.49. The Bertz CT molecular complexity index is 1260. The number of aryl methyl sites for hydroxylation is 1. The Hall–Kier alpha value is -3.60. The van der Waals surface area contributed by atoms with Crippen LogP contribution in [0.2, 0.25) is 0 Å². The number of anilines is 1. The Morgan fingerprint density at radius 3 is 2.60 bits per heavy atom. The Balaban J connectivity index is 1.74. The highest BCUT2D eigenvalue weighted by atomic mass is 19.4. The Morgan fingerprint density at radius 2 is 1.97 bits per heavy atom. The normalized spacial score (nSPS) is 16.8. The van der Waals surface area contributed by atoms with Gasteiger partial charge in [0.2, 0.25) is 0 Å². The number of hydrogen-bond acceptors (Lipinski definition) is 7. The summed E-state index contributed by atoms with van der Waals surface area (Å²) in [6.07, 6.45) is -4.10. The molecule has 1 fully saturated rings. The molecule has 2 atom stereocenters. The first-order valence-corrected chi connectivity index (χ1v) is 10.9. The zero-order valence-electron chi connectivity index (χ0n) is 19.3. The topological polar surface area (TPSA) is 95.8 Å². The number of fused-ring (bicyclic) bond motifs is 1. The summed E-state index contributed by atoms with van der Waals surface area (Å²) >= 11 is 0. The molecule has 3 aromatic rings. The number of nitrogens with one attached hydrogen (secondary N) is 1. The summed E-state index contributed by atoms with van der Waals surface area (Å²) < 4.78 is 57.0. The van der Waals surface area contributed by atoms with Crippen molar-refractivity contribution < 1.29 is 32.3 Å². The lowest BCUT2D eigenvalue weighted by atomic mass is 10.0. The van der Waals surface area contributed by atoms with Gasteiger partial charge in [-0.05, 0) is 37.6 Å². The number of nitrogens with zero attached hydrogens (tertiary/aromatic N) is 2. The molecule has 0 radical (unpaired) electrons. The maximum atomic E-state index is 13.4. The third kappa shape index (κ3) is 5.40. The van der Waals surface area contributed by atoms with E-state index in [0.29, 0.717) is 53.1 Å². The Morgan fingerprint density at radius 1 is 1.20 bits per heavy atom. The molecule has 0 spiro atoms. The summed E-state index contributed by atoms with van der Waals surface area (Å²) in [6, 6.07) is 7.16. The SMILES string of the molecule is COc1cc2nc(C)cc(NC(C)c3cc([N+](=O)[O-])cc(C(F)(F)F)c3)c2cc1O[C@H]1CCOC1. The van der Waals surface area contributed by atoms with Crippen LogP contribution < -0.4 is 14.8 Å². The van der Waals surface area contributed by atoms with E-state index in [1.807, 2.05) is 0 Å². The zero-order valence-corrected chi connectivity index (χ0v) is 19.3. The van der Waals surface area contributed by atoms with Gasteiger partial charge in [0.15, 0.2) is 11.5 Å². The molecule has 2 heterocycles. The fraction of sp³-hybridized carbons (Fsp3) is 0.375. The standard InChI is InChI=1S/C24H24F3N3O5/c1-13-6-20(29-14(2)15-7-16(24(25,26)27)9-17(8-15)30(31)32)19-10-23(35-18-4-5-34-12-18)22(33-3)11-21(19)28-13/h6-11,14,18H,4-5,12H2,1-3H3,(H,28,29)/t14?,18-/m0/s1. The van der Waals surface area contributed by atoms with Gasteiger partial charge >= 0.3 is 6.18 Å². The molecule has 0 bridgehead atoms. The van der Waals surface area contributed by atoms with Gasteiger partial charge in [-0.3, -0.25) is 15.1 Å². The third-order valence-corrected chi connectivity index (χ3v) is 5.75. The molecule has 11 heteroatoms. The number of methoxy groups -OCH3 is 1. The van der Waals surface area contributed by atoms with Gasteiger partial charge < -0.3 is 19.5 Å². The summed E-state index contributed by atoms with van der Waals surface area (Å²) in [5.74, 6) is 0.988. The predicted octanol–water partition coefficient (Wildman–Crippen LogP) is 5.82. The number of rotatable bonds is 7. The van der Waals surface area contributed by atoms with Crippen molar-refractivity contribution in [1.29, 1.82) is 0 Å². The number of nitro benzene ring substituents is 1. The molecular formula is C24H24F3N3O5. The van der Waals surface area contributed by atoms with Crippen molar-refractivity contribution in [2.75, 3.05) is 25.6 Å². The number of non-ortho nitro benzene ring substituents is 1. The summed E-state index contributed by atoms with van der Waals surface area (Å²) in [7, 11) is 1.52. The van der Waals surface area contributed by atoms with Crippen LogP contribution in [0.3, 0.4) is 0 Å². The average Bonchev–Trinajstić information content (AvgIpc) is 3.31. The minimum Gasteiger partial charge on any atom is -0.493 e. The van der Waals surface area contributed by atoms with Crippen molar-refractivity contribution in [3.8, 4) is 11.5 Å². The number of nitro groups is 1. The summed E-state index contributed by atoms with van der Waals surface area (Å²) in [5, 5.41) is 15.1. The molecule has 1 aliphatic heterocycles. The molecule has 1 N–H and O–H groups in total. The van der Waals surface area contributed by atoms with Gasteiger partial charge in [0.1, 0.15) is 6.10 Å². The number of halogens is 3. The Kier molecular flexibility index (Phi) is 6.70. The van der Waals surface area contributed by atoms with E-state index in [1.54, 1.807) is 32.0 Å². The second kappa shape index (κ2) is 9.57. The smallest absolute Gasteiger partial charge is 0.416 e. The predicted molar refractivity (Wildman–Crippen MR) is 123 cm³/mol. The molecule has 1 aliphatic rings. The molecule has 0 saturated carbocycles. The van der Waals surface area contributed by atoms with Crippen LogP contribution in [0, 0.1) is 17.0 Å². The Labute approximate surface area is 199 Å². The minimum atomic E-state index is -4.72. The van der Waals surface area contributed by atoms with Crippen LogP contribution in [0.25, 0.3) is 10.9 Å². The first kappa shape index (κ1) is 24.5. The zero-order chi connectivity index (χ0) is 25.3. The van der Waals surface area contributed by atoms with E-state index in [1.165, 1.54) is 7.11 Å². The fourth-order valence-electron chi connectivity index (χ4n) is 3.99. The van der Waals surface area contributed by atoms with Crippen molar-refractivity contribution in [1.82, 2.24) is 4.98 Å². The first-order valence-electron chi connectivity index (χ1n) is 10.9. The largest absolute Gasteiger partial charge is 0.493 e. The van der Waals surface area contributed by atoms with Crippen molar-refractivity contribution in [3.05, 3.63) is 63.3 Å². The molecule has 35 heavy (non-hydrogen) atoms. The van der Waals surface area contributed by atoms with E-state index in [2.05, 4.69) is 10.3 Å². The van der Waals surface area contributed by atoms with Crippen molar-refractivity contribution in [3.63, 3.8) is 0 Å². The van der Waals surface area contributed by atoms with E-state index in [9.17, 15) is 23.3 Å². The molecule has 0 aliphatic carbocycles. The van der Waals surface area contributed by atoms with Crippen LogP contribution in [0.15, 0.2) is 36.4 Å². The number of benzene rings is 2. The number of aromatic nitrogens is 1. The van der Waals surface area contributed by atoms with Gasteiger partial charge in [0.05, 0.1) is 36.3 Å². The average molecular weight is 491 g/mol. The minimum absolute atomic E-state index is 0.124. The molecule has 8 nitrogen and oxygen atoms in total. The molecule has 2 aromatic carbocycles. The van der Waals surface area contributed by atoms with Gasteiger partial charge in [-0.2, -0.15) is 13.2 Å². The van der Waals surface area contributed by atoms with Gasteiger partial charge in [-0.25, -0.2) is 0 Å². The fourth-order valence-corrected chi connectivity index (χ4v) is 3.99. The van der Waals surface area contributed by atoms with Crippen molar-refractivity contribution in [2.45, 2.75) is 38.6 Å². The van der Waals surface area contributed by atoms with E-state index >= 15 is 0 Å². The third-order valence-electron chi connectivity index (χ3n) is 5.75. The van der Waals surface area contributed by atoms with Crippen LogP contribution in [0.1, 0.15) is 36.2 Å². The van der Waals surface area contributed by atoms with Gasteiger partial charge in [0.25, 0.3) is 5.69 Å². The van der Waals surface area contributed by atoms with Crippen LogP contribution in [0.5, 0.6) is 11.5 Å². The highest BCUT2D eigenvalue weighted by Crippen LogP contribution is 2.38. The van der Waals surface area contributed by atoms with E-state index in [4.69, 9.17) is 14.2 Å². The van der Waals surface area contributed by atoms with E-state index in [-0.39, 0.29) is 11.7 Å². The second-order valence-electron chi connectivity index (χ2n) is 8.37. The quantitative estimate of drug-likeness (QED) is 0.329. The first-order chi connectivity index (χ1) is 16.5. The number of alkyl halides is 3. The number of ether oxygens (including phenoxy) is 3. The number of pyridine rings is 1. The lowest BCUT2D eigenvalue weighted by Crippen LogP contribution is -2.16. The highest BCUT2D eigenvalue weighted by Gasteiger charge is 2.33. The highest BCUT2D eigenvalue weighted by molar-refractivity contribution is 5.94. The second-order valence-corrected chi connectivity index (χ2v) is 8.37. The number of hydrogen-bond donors (Lipinski definition) is 1. The van der Waals surface area contributed by atoms with Crippen molar-refractivity contribution >= 4 is 22.3 Å². The lowest BCUT2D eigenvalue weighted by Gasteiger charge is -2.20. The van der Waals surface area contributed by atoms with E-state index < -0.39 is 28.4 Å². The van der Waals surface area contributed by atoms with E-state index in [0.717, 1.165) is 18.6 Å². The molecule has 4 rings (SSSR count). The van der Waals surface area contributed by atoms with Crippen LogP contribution in [-0.4, -0.2) is 36.3 Å². The van der Waals surface area contributed by atoms with Crippen LogP contribution in [-0.2, 0) is 10.9 Å². The van der Waals surface area contributed by atoms with Gasteiger partial charge in [-0.1, -0.05) is 0 Å². The van der Waals surface area contributed by atoms with Gasteiger partial charge in [-0.15, -0.1) is 0 Å². The lowest BCUT2D eigenvalue weighted by molar-refractivity contribution is -0.385. The summed E-state index contributed by atoms with van der Waals surface area (Å²) in [5.41, 5.74) is 0.282. The van der Waals surface area contributed by atoms with Gasteiger partial charge in [0, 0.05) is 47.4 Å². The molecule has 186 valence electrons. The van der Waals surface area contributed by atoms with Crippen molar-refractivity contribution in [2.24, 2.45) is 0 Å². The molecule has 0 amide bonds. The molecule has 1 unspecified atom stereocenters. The maximum absolute atomic E-state index is 13.4. The van der Waals surface area contributed by atoms with Crippen LogP contribution in [0.4, 0.5) is 24.5 Å². The summed E-state index contributed by atoms with van der Waals surface area (Å²) in [4.78, 5) is 15.0. The molecule has 1 saturated heterocycles. The van der Waals surface area contributed by atoms with Crippen LogP contribution >= 0.6 is 0 Å². The molecule has 1 aromatic heterocycles. The maximum Gasteiger partial charge on any atom is 0.416 e. The monoisotopic (exact) mass is 491 g/mol. The molecular weight excluding hydrogens is 467 g/mol.